The molecule has 17 heavy (non-hydrogen) atoms. The Morgan fingerprint density at radius 1 is 1.29 bits per heavy atom. The summed E-state index contributed by atoms with van der Waals surface area (Å²) in [6, 6.07) is 9.73. The van der Waals surface area contributed by atoms with Crippen molar-refractivity contribution in [2.24, 2.45) is 0 Å². The fourth-order valence-electron chi connectivity index (χ4n) is 1.62. The molecule has 2 aromatic rings. The molecule has 1 N–H and O–H groups in total. The number of hydrogen-bond donors (Lipinski definition) is 1. The van der Waals surface area contributed by atoms with Crippen LogP contribution in [0.4, 0.5) is 4.39 Å². The maximum atomic E-state index is 13.6. The lowest BCUT2D eigenvalue weighted by Gasteiger charge is -2.10. The van der Waals surface area contributed by atoms with Crippen molar-refractivity contribution in [2.45, 2.75) is 26.4 Å². The first kappa shape index (κ1) is 12.3. The molecule has 0 aliphatic heterocycles. The van der Waals surface area contributed by atoms with E-state index in [1.807, 2.05) is 23.6 Å². The van der Waals surface area contributed by atoms with Gasteiger partial charge in [0.2, 0.25) is 0 Å². The van der Waals surface area contributed by atoms with Crippen molar-refractivity contribution in [3.8, 4) is 10.4 Å². The number of nitrogens with one attached hydrogen (secondary N) is 1. The van der Waals surface area contributed by atoms with E-state index in [4.69, 9.17) is 0 Å². The molecule has 90 valence electrons. The summed E-state index contributed by atoms with van der Waals surface area (Å²) in [6.45, 7) is 4.69. The lowest BCUT2D eigenvalue weighted by atomic mass is 10.1. The van der Waals surface area contributed by atoms with Crippen LogP contribution in [-0.2, 0) is 6.54 Å². The lowest BCUT2D eigenvalue weighted by molar-refractivity contribution is 0.553. The monoisotopic (exact) mass is 249 g/mol. The standard InChI is InChI=1S/C14H16FNS/c1-10(2)16-9-12-8-11(5-6-13(12)15)14-4-3-7-17-14/h3-8,10,16H,9H2,1-2H3. The summed E-state index contributed by atoms with van der Waals surface area (Å²) >= 11 is 1.67. The van der Waals surface area contributed by atoms with Gasteiger partial charge in [-0.3, -0.25) is 0 Å². The Bertz CT molecular complexity index is 477. The van der Waals surface area contributed by atoms with Crippen molar-refractivity contribution < 1.29 is 4.39 Å². The van der Waals surface area contributed by atoms with Gasteiger partial charge in [0.05, 0.1) is 0 Å². The smallest absolute Gasteiger partial charge is 0.127 e. The van der Waals surface area contributed by atoms with Gasteiger partial charge in [0.1, 0.15) is 5.82 Å². The van der Waals surface area contributed by atoms with Crippen LogP contribution in [0, 0.1) is 5.82 Å². The van der Waals surface area contributed by atoms with Crippen LogP contribution in [-0.4, -0.2) is 6.04 Å². The van der Waals surface area contributed by atoms with Gasteiger partial charge >= 0.3 is 0 Å². The highest BCUT2D eigenvalue weighted by Gasteiger charge is 2.06. The molecule has 0 atom stereocenters. The quantitative estimate of drug-likeness (QED) is 0.862. The van der Waals surface area contributed by atoms with E-state index in [9.17, 15) is 4.39 Å². The average molecular weight is 249 g/mol. The zero-order valence-corrected chi connectivity index (χ0v) is 10.9. The topological polar surface area (TPSA) is 12.0 Å². The predicted molar refractivity (Wildman–Crippen MR) is 71.7 cm³/mol. The Balaban J connectivity index is 2.23. The second-order valence-electron chi connectivity index (χ2n) is 4.32. The van der Waals surface area contributed by atoms with Gasteiger partial charge in [0.15, 0.2) is 0 Å². The maximum absolute atomic E-state index is 13.6. The van der Waals surface area contributed by atoms with Crippen LogP contribution in [0.3, 0.4) is 0 Å². The molecule has 0 amide bonds. The average Bonchev–Trinajstić information content (AvgIpc) is 2.81. The van der Waals surface area contributed by atoms with Crippen molar-refractivity contribution in [3.05, 3.63) is 47.1 Å². The number of benzene rings is 1. The van der Waals surface area contributed by atoms with Crippen molar-refractivity contribution in [1.29, 1.82) is 0 Å². The highest BCUT2D eigenvalue weighted by Crippen LogP contribution is 2.26. The largest absolute Gasteiger partial charge is 0.310 e. The van der Waals surface area contributed by atoms with Gasteiger partial charge in [0, 0.05) is 23.0 Å². The van der Waals surface area contributed by atoms with Gasteiger partial charge in [-0.1, -0.05) is 26.0 Å². The third-order valence-corrected chi connectivity index (χ3v) is 3.47. The first-order valence-corrected chi connectivity index (χ1v) is 6.60. The number of rotatable bonds is 4. The molecule has 0 unspecified atom stereocenters. The minimum atomic E-state index is -0.140. The van der Waals surface area contributed by atoms with E-state index in [0.717, 1.165) is 11.1 Å². The zero-order chi connectivity index (χ0) is 12.3. The van der Waals surface area contributed by atoms with E-state index in [1.54, 1.807) is 17.4 Å². The Morgan fingerprint density at radius 3 is 2.76 bits per heavy atom. The van der Waals surface area contributed by atoms with Gasteiger partial charge in [-0.2, -0.15) is 0 Å². The molecule has 3 heteroatoms. The normalized spacial score (nSPS) is 11.1. The number of hydrogen-bond acceptors (Lipinski definition) is 2. The molecule has 2 rings (SSSR count). The highest BCUT2D eigenvalue weighted by atomic mass is 32.1. The van der Waals surface area contributed by atoms with Crippen LogP contribution in [0.15, 0.2) is 35.7 Å². The minimum absolute atomic E-state index is 0.140. The molecular weight excluding hydrogens is 233 g/mol. The maximum Gasteiger partial charge on any atom is 0.127 e. The highest BCUT2D eigenvalue weighted by molar-refractivity contribution is 7.13. The van der Waals surface area contributed by atoms with Crippen molar-refractivity contribution in [1.82, 2.24) is 5.32 Å². The molecule has 0 aliphatic rings. The van der Waals surface area contributed by atoms with E-state index in [2.05, 4.69) is 25.2 Å². The minimum Gasteiger partial charge on any atom is -0.310 e. The van der Waals surface area contributed by atoms with E-state index < -0.39 is 0 Å². The second kappa shape index (κ2) is 5.43. The van der Waals surface area contributed by atoms with Crippen LogP contribution >= 0.6 is 11.3 Å². The summed E-state index contributed by atoms with van der Waals surface area (Å²) in [4.78, 5) is 1.18. The number of halogens is 1. The van der Waals surface area contributed by atoms with E-state index in [0.29, 0.717) is 12.6 Å². The van der Waals surface area contributed by atoms with Gasteiger partial charge in [-0.25, -0.2) is 4.39 Å². The zero-order valence-electron chi connectivity index (χ0n) is 10.0. The Labute approximate surface area is 105 Å². The predicted octanol–water partition coefficient (Wildman–Crippen LogP) is 4.05. The van der Waals surface area contributed by atoms with Crippen molar-refractivity contribution in [2.75, 3.05) is 0 Å². The molecule has 0 radical (unpaired) electrons. The fourth-order valence-corrected chi connectivity index (χ4v) is 2.34. The molecular formula is C14H16FNS. The Morgan fingerprint density at radius 2 is 2.12 bits per heavy atom. The Kier molecular flexibility index (Phi) is 3.92. The third-order valence-electron chi connectivity index (χ3n) is 2.55. The first-order chi connectivity index (χ1) is 8.16. The molecule has 1 aromatic carbocycles. The van der Waals surface area contributed by atoms with Crippen LogP contribution in [0.5, 0.6) is 0 Å². The molecule has 1 nitrogen and oxygen atoms in total. The first-order valence-electron chi connectivity index (χ1n) is 5.72. The van der Waals surface area contributed by atoms with E-state index >= 15 is 0 Å². The Hall–Kier alpha value is -1.19. The summed E-state index contributed by atoms with van der Waals surface area (Å²) in [7, 11) is 0. The molecule has 1 aromatic heterocycles. The van der Waals surface area contributed by atoms with E-state index in [-0.39, 0.29) is 5.82 Å². The molecule has 0 saturated carbocycles. The number of thiophene rings is 1. The summed E-state index contributed by atoms with van der Waals surface area (Å²) in [5.41, 5.74) is 1.81. The van der Waals surface area contributed by atoms with Gasteiger partial charge in [-0.15, -0.1) is 11.3 Å². The van der Waals surface area contributed by atoms with Crippen molar-refractivity contribution in [3.63, 3.8) is 0 Å². The summed E-state index contributed by atoms with van der Waals surface area (Å²) in [5, 5.41) is 5.27. The van der Waals surface area contributed by atoms with Crippen LogP contribution in [0.25, 0.3) is 10.4 Å². The third kappa shape index (κ3) is 3.14. The SMILES string of the molecule is CC(C)NCc1cc(-c2cccs2)ccc1F. The molecule has 0 spiro atoms. The summed E-state index contributed by atoms with van der Waals surface area (Å²) < 4.78 is 13.6. The summed E-state index contributed by atoms with van der Waals surface area (Å²) in [6.07, 6.45) is 0. The van der Waals surface area contributed by atoms with Crippen LogP contribution in [0.1, 0.15) is 19.4 Å². The van der Waals surface area contributed by atoms with Gasteiger partial charge in [0.25, 0.3) is 0 Å². The second-order valence-corrected chi connectivity index (χ2v) is 5.27. The molecule has 0 saturated heterocycles. The van der Waals surface area contributed by atoms with E-state index in [1.165, 1.54) is 4.88 Å². The van der Waals surface area contributed by atoms with Gasteiger partial charge < -0.3 is 5.32 Å². The van der Waals surface area contributed by atoms with Gasteiger partial charge in [-0.05, 0) is 29.1 Å². The van der Waals surface area contributed by atoms with Crippen molar-refractivity contribution >= 4 is 11.3 Å². The fraction of sp³-hybridized carbons (Fsp3) is 0.286. The summed E-state index contributed by atoms with van der Waals surface area (Å²) in [5.74, 6) is -0.140. The van der Waals surface area contributed by atoms with Crippen LogP contribution in [0.2, 0.25) is 0 Å². The molecule has 0 fully saturated rings. The van der Waals surface area contributed by atoms with Crippen LogP contribution < -0.4 is 5.32 Å². The molecule has 0 aliphatic carbocycles. The molecule has 0 bridgehead atoms. The lowest BCUT2D eigenvalue weighted by Crippen LogP contribution is -2.22. The molecule has 1 heterocycles.